The van der Waals surface area contributed by atoms with E-state index in [2.05, 4.69) is 12.2 Å². The predicted molar refractivity (Wildman–Crippen MR) is 110 cm³/mol. The molecule has 0 saturated heterocycles. The third-order valence-corrected chi connectivity index (χ3v) is 6.93. The highest BCUT2D eigenvalue weighted by Crippen LogP contribution is 2.57. The summed E-state index contributed by atoms with van der Waals surface area (Å²) in [7, 11) is 4.61. The van der Waals surface area contributed by atoms with Gasteiger partial charge in [0.25, 0.3) is 5.91 Å². The molecule has 1 N–H and O–H groups in total. The third-order valence-electron chi connectivity index (χ3n) is 6.93. The lowest BCUT2D eigenvalue weighted by Gasteiger charge is -2.57. The summed E-state index contributed by atoms with van der Waals surface area (Å²) in [4.78, 5) is 12.8. The zero-order valence-corrected chi connectivity index (χ0v) is 18.0. The van der Waals surface area contributed by atoms with E-state index in [4.69, 9.17) is 18.9 Å². The number of hydrogen-bond donors (Lipinski definition) is 1. The Balaban J connectivity index is 1.39. The fourth-order valence-corrected chi connectivity index (χ4v) is 6.26. The molecule has 1 atom stereocenters. The molecule has 1 aromatic rings. The normalized spacial score (nSPS) is 30.7. The van der Waals surface area contributed by atoms with E-state index >= 15 is 0 Å². The van der Waals surface area contributed by atoms with Gasteiger partial charge in [-0.15, -0.1) is 0 Å². The summed E-state index contributed by atoms with van der Waals surface area (Å²) in [5.74, 6) is 3.65. The van der Waals surface area contributed by atoms with Crippen molar-refractivity contribution in [1.82, 2.24) is 5.32 Å². The van der Waals surface area contributed by atoms with E-state index < -0.39 is 0 Å². The first kappa shape index (κ1) is 20.3. The van der Waals surface area contributed by atoms with E-state index in [-0.39, 0.29) is 17.6 Å². The Bertz CT molecular complexity index is 727. The van der Waals surface area contributed by atoms with Crippen molar-refractivity contribution in [2.45, 2.75) is 57.2 Å². The first-order valence-corrected chi connectivity index (χ1v) is 10.7. The Morgan fingerprint density at radius 1 is 1.00 bits per heavy atom. The van der Waals surface area contributed by atoms with Crippen LogP contribution in [0.4, 0.5) is 0 Å². The maximum Gasteiger partial charge on any atom is 0.255 e. The Kier molecular flexibility index (Phi) is 5.65. The maximum atomic E-state index is 12.8. The molecule has 6 nitrogen and oxygen atoms in total. The van der Waals surface area contributed by atoms with Crippen molar-refractivity contribution in [2.24, 2.45) is 17.8 Å². The van der Waals surface area contributed by atoms with Crippen LogP contribution in [0.15, 0.2) is 12.1 Å². The SMILES string of the molecule is COc1ccc(C(=O)NC[C@@H](C)OC23CC4CC(CC(C4)C2)C3)c(OC)c1OC. The van der Waals surface area contributed by atoms with Crippen molar-refractivity contribution in [3.05, 3.63) is 17.7 Å². The number of ether oxygens (including phenoxy) is 4. The molecule has 4 saturated carbocycles. The molecule has 4 fully saturated rings. The average molecular weight is 404 g/mol. The number of nitrogens with one attached hydrogen (secondary N) is 1. The molecular formula is C23H33NO5. The fourth-order valence-electron chi connectivity index (χ4n) is 6.26. The largest absolute Gasteiger partial charge is 0.493 e. The summed E-state index contributed by atoms with van der Waals surface area (Å²) in [5.41, 5.74) is 0.465. The molecule has 0 heterocycles. The standard InChI is InChI=1S/C23H33NO5/c1-14(29-23-10-15-7-16(11-23)9-17(8-15)12-23)13-24-22(25)18-5-6-19(26-2)21(28-4)20(18)27-3/h5-6,14-17H,7-13H2,1-4H3,(H,24,25)/t14-,15?,16?,17?,23?/m1/s1. The van der Waals surface area contributed by atoms with Gasteiger partial charge in [0.2, 0.25) is 5.75 Å². The summed E-state index contributed by atoms with van der Waals surface area (Å²) in [6.07, 6.45) is 7.75. The van der Waals surface area contributed by atoms with Crippen LogP contribution in [-0.2, 0) is 4.74 Å². The highest BCUT2D eigenvalue weighted by atomic mass is 16.5. The highest BCUT2D eigenvalue weighted by molar-refractivity contribution is 5.98. The van der Waals surface area contributed by atoms with Crippen molar-refractivity contribution in [3.8, 4) is 17.2 Å². The van der Waals surface area contributed by atoms with Crippen LogP contribution in [0.5, 0.6) is 17.2 Å². The molecule has 5 rings (SSSR count). The summed E-state index contributed by atoms with van der Waals surface area (Å²) in [6, 6.07) is 3.41. The highest BCUT2D eigenvalue weighted by Gasteiger charge is 2.52. The van der Waals surface area contributed by atoms with E-state index in [1.165, 1.54) is 52.7 Å². The lowest BCUT2D eigenvalue weighted by atomic mass is 9.54. The summed E-state index contributed by atoms with van der Waals surface area (Å²) in [6.45, 7) is 2.53. The van der Waals surface area contributed by atoms with Crippen LogP contribution in [-0.4, -0.2) is 45.5 Å². The van der Waals surface area contributed by atoms with Crippen molar-refractivity contribution in [2.75, 3.05) is 27.9 Å². The monoisotopic (exact) mass is 403 g/mol. The van der Waals surface area contributed by atoms with Gasteiger partial charge in [0.05, 0.1) is 38.6 Å². The number of hydrogen-bond acceptors (Lipinski definition) is 5. The van der Waals surface area contributed by atoms with E-state index in [9.17, 15) is 4.79 Å². The van der Waals surface area contributed by atoms with E-state index in [0.717, 1.165) is 17.8 Å². The smallest absolute Gasteiger partial charge is 0.255 e. The molecule has 1 aromatic carbocycles. The second-order valence-corrected chi connectivity index (χ2v) is 9.12. The molecule has 4 aliphatic carbocycles. The van der Waals surface area contributed by atoms with Crippen LogP contribution in [0.2, 0.25) is 0 Å². The maximum absolute atomic E-state index is 12.8. The number of benzene rings is 1. The number of rotatable bonds is 8. The van der Waals surface area contributed by atoms with E-state index in [1.807, 2.05) is 0 Å². The van der Waals surface area contributed by atoms with Crippen molar-refractivity contribution < 1.29 is 23.7 Å². The number of carbonyl (C=O) groups excluding carboxylic acids is 1. The quantitative estimate of drug-likeness (QED) is 0.715. The zero-order valence-electron chi connectivity index (χ0n) is 18.0. The Morgan fingerprint density at radius 2 is 1.59 bits per heavy atom. The van der Waals surface area contributed by atoms with Crippen LogP contribution in [0.3, 0.4) is 0 Å². The second-order valence-electron chi connectivity index (χ2n) is 9.12. The van der Waals surface area contributed by atoms with Crippen LogP contribution in [0.25, 0.3) is 0 Å². The van der Waals surface area contributed by atoms with Gasteiger partial charge in [0.15, 0.2) is 11.5 Å². The molecular weight excluding hydrogens is 370 g/mol. The van der Waals surface area contributed by atoms with E-state index in [0.29, 0.717) is 29.4 Å². The molecule has 1 amide bonds. The molecule has 0 aliphatic heterocycles. The molecule has 160 valence electrons. The van der Waals surface area contributed by atoms with Gasteiger partial charge in [-0.2, -0.15) is 0 Å². The number of carbonyl (C=O) groups is 1. The summed E-state index contributed by atoms with van der Waals surface area (Å²) in [5, 5.41) is 3.00. The Labute approximate surface area is 173 Å². The zero-order chi connectivity index (χ0) is 20.6. The van der Waals surface area contributed by atoms with Crippen LogP contribution in [0.1, 0.15) is 55.8 Å². The molecule has 0 aromatic heterocycles. The van der Waals surface area contributed by atoms with Crippen molar-refractivity contribution in [1.29, 1.82) is 0 Å². The van der Waals surface area contributed by atoms with Crippen LogP contribution in [0, 0.1) is 17.8 Å². The minimum atomic E-state index is -0.205. The predicted octanol–water partition coefficient (Wildman–Crippen LogP) is 3.82. The lowest BCUT2D eigenvalue weighted by Crippen LogP contribution is -2.53. The Hall–Kier alpha value is -1.95. The summed E-state index contributed by atoms with van der Waals surface area (Å²) >= 11 is 0. The molecule has 0 unspecified atom stereocenters. The first-order chi connectivity index (χ1) is 14.0. The molecule has 0 radical (unpaired) electrons. The van der Waals surface area contributed by atoms with Gasteiger partial charge >= 0.3 is 0 Å². The fraction of sp³-hybridized carbons (Fsp3) is 0.696. The van der Waals surface area contributed by atoms with Crippen molar-refractivity contribution >= 4 is 5.91 Å². The molecule has 0 spiro atoms. The number of methoxy groups -OCH3 is 3. The van der Waals surface area contributed by atoms with E-state index in [1.54, 1.807) is 19.2 Å². The molecule has 6 heteroatoms. The van der Waals surface area contributed by atoms with Gasteiger partial charge in [0, 0.05) is 6.54 Å². The van der Waals surface area contributed by atoms with Gasteiger partial charge in [-0.25, -0.2) is 0 Å². The van der Waals surface area contributed by atoms with Crippen LogP contribution >= 0.6 is 0 Å². The topological polar surface area (TPSA) is 66.0 Å². The first-order valence-electron chi connectivity index (χ1n) is 10.7. The average Bonchev–Trinajstić information content (AvgIpc) is 2.69. The van der Waals surface area contributed by atoms with Gasteiger partial charge in [0.1, 0.15) is 0 Å². The van der Waals surface area contributed by atoms with Gasteiger partial charge in [-0.05, 0) is 75.3 Å². The lowest BCUT2D eigenvalue weighted by molar-refractivity contribution is -0.182. The van der Waals surface area contributed by atoms with Crippen molar-refractivity contribution in [3.63, 3.8) is 0 Å². The minimum Gasteiger partial charge on any atom is -0.493 e. The van der Waals surface area contributed by atoms with Gasteiger partial charge in [-0.3, -0.25) is 4.79 Å². The number of amides is 1. The minimum absolute atomic E-state index is 0.0265. The van der Waals surface area contributed by atoms with Gasteiger partial charge in [-0.1, -0.05) is 0 Å². The van der Waals surface area contributed by atoms with Crippen LogP contribution < -0.4 is 19.5 Å². The molecule has 4 bridgehead atoms. The summed E-state index contributed by atoms with van der Waals surface area (Å²) < 4.78 is 22.7. The third kappa shape index (κ3) is 3.91. The molecule has 29 heavy (non-hydrogen) atoms. The van der Waals surface area contributed by atoms with Gasteiger partial charge < -0.3 is 24.3 Å². The second kappa shape index (κ2) is 8.05. The Morgan fingerprint density at radius 3 is 2.10 bits per heavy atom. The molecule has 4 aliphatic rings.